The molecule has 1 N–H and O–H groups in total. The first-order chi connectivity index (χ1) is 20.2. The second kappa shape index (κ2) is 10.1. The number of rotatable bonds is 5. The minimum atomic E-state index is -0.468. The van der Waals surface area contributed by atoms with Crippen molar-refractivity contribution in [2.24, 2.45) is 0 Å². The molecular weight excluding hydrogens is 498 g/mol. The van der Waals surface area contributed by atoms with Crippen molar-refractivity contribution in [2.75, 3.05) is 5.32 Å². The average molecular weight is 528 g/mol. The summed E-state index contributed by atoms with van der Waals surface area (Å²) in [6, 6.07) is 52.8. The number of hydrogen-bond acceptors (Lipinski definition) is 1. The third-order valence-corrected chi connectivity index (χ3v) is 8.23. The Morgan fingerprint density at radius 3 is 1.80 bits per heavy atom. The number of carbonyl (C=O) groups is 1. The van der Waals surface area contributed by atoms with E-state index in [1.54, 1.807) is 0 Å². The van der Waals surface area contributed by atoms with Gasteiger partial charge in [-0.15, -0.1) is 0 Å². The quantitative estimate of drug-likeness (QED) is 0.237. The Labute approximate surface area is 241 Å². The zero-order chi connectivity index (χ0) is 27.8. The van der Waals surface area contributed by atoms with E-state index in [-0.39, 0.29) is 5.91 Å². The molecule has 1 aliphatic rings. The average Bonchev–Trinajstić information content (AvgIpc) is 3.34. The van der Waals surface area contributed by atoms with Crippen molar-refractivity contribution in [2.45, 2.75) is 12.3 Å². The van der Waals surface area contributed by atoms with Gasteiger partial charge in [-0.25, -0.2) is 0 Å². The van der Waals surface area contributed by atoms with Gasteiger partial charge < -0.3 is 5.32 Å². The molecule has 1 amide bonds. The molecule has 0 atom stereocenters. The summed E-state index contributed by atoms with van der Waals surface area (Å²) >= 11 is 0. The molecule has 6 aromatic rings. The van der Waals surface area contributed by atoms with Crippen molar-refractivity contribution in [3.63, 3.8) is 0 Å². The zero-order valence-corrected chi connectivity index (χ0v) is 22.8. The van der Waals surface area contributed by atoms with Gasteiger partial charge in [0.15, 0.2) is 0 Å². The largest absolute Gasteiger partial charge is 0.321 e. The fourth-order valence-corrected chi connectivity index (χ4v) is 6.53. The van der Waals surface area contributed by atoms with E-state index in [0.29, 0.717) is 5.56 Å². The molecule has 1 aliphatic carbocycles. The first-order valence-electron chi connectivity index (χ1n) is 14.0. The standard InChI is InChI=1S/C39H29NO/c1-27-14-12-15-28(26-27)38(41)40-36-25-11-9-20-31(36)32-22-13-24-35-37(32)33-21-8-10-23-34(33)39(35,29-16-4-2-5-17-29)30-18-6-3-7-19-30/h2-26H,1H3,(H,40,41). The van der Waals surface area contributed by atoms with Gasteiger partial charge in [0.05, 0.1) is 5.41 Å². The second-order valence-corrected chi connectivity index (χ2v) is 10.6. The Kier molecular flexibility index (Phi) is 6.10. The van der Waals surface area contributed by atoms with Gasteiger partial charge in [0, 0.05) is 16.8 Å². The number of hydrogen-bond donors (Lipinski definition) is 1. The maximum atomic E-state index is 13.3. The van der Waals surface area contributed by atoms with Crippen molar-refractivity contribution in [3.05, 3.63) is 185 Å². The predicted octanol–water partition coefficient (Wildman–Crippen LogP) is 9.28. The molecule has 0 fully saturated rings. The molecule has 2 heteroatoms. The number of anilines is 1. The summed E-state index contributed by atoms with van der Waals surface area (Å²) in [5.41, 5.74) is 11.5. The molecule has 0 radical (unpaired) electrons. The molecule has 0 spiro atoms. The number of benzene rings is 6. The van der Waals surface area contributed by atoms with Crippen LogP contribution in [0.2, 0.25) is 0 Å². The van der Waals surface area contributed by atoms with Crippen LogP contribution in [0.5, 0.6) is 0 Å². The fourth-order valence-electron chi connectivity index (χ4n) is 6.53. The van der Waals surface area contributed by atoms with Gasteiger partial charge in [0.1, 0.15) is 0 Å². The van der Waals surface area contributed by atoms with E-state index >= 15 is 0 Å². The monoisotopic (exact) mass is 527 g/mol. The predicted molar refractivity (Wildman–Crippen MR) is 168 cm³/mol. The van der Waals surface area contributed by atoms with Crippen molar-refractivity contribution >= 4 is 11.6 Å². The van der Waals surface area contributed by atoms with Gasteiger partial charge in [0.25, 0.3) is 5.91 Å². The van der Waals surface area contributed by atoms with E-state index < -0.39 is 5.41 Å². The lowest BCUT2D eigenvalue weighted by atomic mass is 9.67. The van der Waals surface area contributed by atoms with Gasteiger partial charge in [-0.1, -0.05) is 139 Å². The van der Waals surface area contributed by atoms with Gasteiger partial charge in [-0.3, -0.25) is 4.79 Å². The summed E-state index contributed by atoms with van der Waals surface area (Å²) < 4.78 is 0. The van der Waals surface area contributed by atoms with Crippen LogP contribution in [0.4, 0.5) is 5.69 Å². The minimum Gasteiger partial charge on any atom is -0.321 e. The van der Waals surface area contributed by atoms with Crippen LogP contribution in [0.15, 0.2) is 152 Å². The lowest BCUT2D eigenvalue weighted by Gasteiger charge is -2.34. The molecule has 0 heterocycles. The Morgan fingerprint density at radius 1 is 0.537 bits per heavy atom. The molecule has 0 saturated heterocycles. The van der Waals surface area contributed by atoms with E-state index in [0.717, 1.165) is 22.4 Å². The maximum absolute atomic E-state index is 13.3. The van der Waals surface area contributed by atoms with Crippen LogP contribution in [-0.4, -0.2) is 5.91 Å². The number of carbonyl (C=O) groups excluding carboxylic acids is 1. The molecule has 2 nitrogen and oxygen atoms in total. The summed E-state index contributed by atoms with van der Waals surface area (Å²) in [4.78, 5) is 13.3. The first-order valence-corrected chi connectivity index (χ1v) is 14.0. The van der Waals surface area contributed by atoms with Gasteiger partial charge in [0.2, 0.25) is 0 Å². The van der Waals surface area contributed by atoms with Crippen molar-refractivity contribution in [1.29, 1.82) is 0 Å². The number of aryl methyl sites for hydroxylation is 1. The van der Waals surface area contributed by atoms with E-state index in [2.05, 4.69) is 115 Å². The van der Waals surface area contributed by atoms with Crippen molar-refractivity contribution in [1.82, 2.24) is 0 Å². The minimum absolute atomic E-state index is 0.114. The molecule has 196 valence electrons. The van der Waals surface area contributed by atoms with Crippen LogP contribution in [-0.2, 0) is 5.41 Å². The summed E-state index contributed by atoms with van der Waals surface area (Å²) in [5, 5.41) is 3.21. The Balaban J connectivity index is 1.47. The third-order valence-electron chi connectivity index (χ3n) is 8.23. The summed E-state index contributed by atoms with van der Waals surface area (Å²) in [7, 11) is 0. The summed E-state index contributed by atoms with van der Waals surface area (Å²) in [5.74, 6) is -0.114. The number of para-hydroxylation sites is 1. The third kappa shape index (κ3) is 3.99. The maximum Gasteiger partial charge on any atom is 0.255 e. The van der Waals surface area contributed by atoms with Crippen molar-refractivity contribution < 1.29 is 4.79 Å². The molecule has 0 aromatic heterocycles. The normalized spacial score (nSPS) is 12.8. The second-order valence-electron chi connectivity index (χ2n) is 10.6. The highest BCUT2D eigenvalue weighted by atomic mass is 16.1. The molecule has 0 unspecified atom stereocenters. The first kappa shape index (κ1) is 24.8. The Bertz CT molecular complexity index is 1850. The van der Waals surface area contributed by atoms with Crippen LogP contribution in [0.3, 0.4) is 0 Å². The molecule has 7 rings (SSSR count). The number of fused-ring (bicyclic) bond motifs is 3. The Morgan fingerprint density at radius 2 is 1.10 bits per heavy atom. The molecule has 0 aliphatic heterocycles. The molecule has 6 aromatic carbocycles. The van der Waals surface area contributed by atoms with Crippen LogP contribution in [0.25, 0.3) is 22.3 Å². The topological polar surface area (TPSA) is 29.1 Å². The van der Waals surface area contributed by atoms with E-state index in [1.807, 2.05) is 49.4 Å². The highest BCUT2D eigenvalue weighted by Gasteiger charge is 2.46. The smallest absolute Gasteiger partial charge is 0.255 e. The Hall–Kier alpha value is -5.21. The van der Waals surface area contributed by atoms with Crippen LogP contribution in [0.1, 0.15) is 38.2 Å². The van der Waals surface area contributed by atoms with Gasteiger partial charge in [-0.2, -0.15) is 0 Å². The van der Waals surface area contributed by atoms with E-state index in [9.17, 15) is 4.79 Å². The van der Waals surface area contributed by atoms with Crippen molar-refractivity contribution in [3.8, 4) is 22.3 Å². The summed E-state index contributed by atoms with van der Waals surface area (Å²) in [6.45, 7) is 2.00. The summed E-state index contributed by atoms with van der Waals surface area (Å²) in [6.07, 6.45) is 0. The highest BCUT2D eigenvalue weighted by Crippen LogP contribution is 2.58. The van der Waals surface area contributed by atoms with Gasteiger partial charge >= 0.3 is 0 Å². The molecular formula is C39H29NO. The van der Waals surface area contributed by atoms with Crippen LogP contribution < -0.4 is 5.32 Å². The lowest BCUT2D eigenvalue weighted by Crippen LogP contribution is -2.28. The van der Waals surface area contributed by atoms with E-state index in [1.165, 1.54) is 33.4 Å². The zero-order valence-electron chi connectivity index (χ0n) is 22.8. The lowest BCUT2D eigenvalue weighted by molar-refractivity contribution is 0.102. The molecule has 0 bridgehead atoms. The molecule has 41 heavy (non-hydrogen) atoms. The fraction of sp³-hybridized carbons (Fsp3) is 0.0513. The SMILES string of the molecule is Cc1cccc(C(=O)Nc2ccccc2-c2cccc3c2-c2ccccc2C3(c2ccccc2)c2ccccc2)c1. The van der Waals surface area contributed by atoms with Crippen LogP contribution in [0, 0.1) is 6.92 Å². The molecule has 0 saturated carbocycles. The highest BCUT2D eigenvalue weighted by molar-refractivity contribution is 6.07. The van der Waals surface area contributed by atoms with E-state index in [4.69, 9.17) is 0 Å². The van der Waals surface area contributed by atoms with Gasteiger partial charge in [-0.05, 0) is 64.1 Å². The number of amides is 1. The number of nitrogens with one attached hydrogen (secondary N) is 1. The van der Waals surface area contributed by atoms with Crippen LogP contribution >= 0.6 is 0 Å².